The van der Waals surface area contributed by atoms with E-state index < -0.39 is 0 Å². The normalized spacial score (nSPS) is 12.5. The number of nitrogens with zero attached hydrogens (tertiary/aromatic N) is 1. The second-order valence-corrected chi connectivity index (χ2v) is 3.72. The molecule has 0 saturated heterocycles. The fourth-order valence-electron chi connectivity index (χ4n) is 1.16. The number of nitrogens with one attached hydrogen (secondary N) is 1. The largest absolute Gasteiger partial charge is 0.394 e. The lowest BCUT2D eigenvalue weighted by Gasteiger charge is -2.19. The van der Waals surface area contributed by atoms with Gasteiger partial charge in [0.1, 0.15) is 5.69 Å². The van der Waals surface area contributed by atoms with Gasteiger partial charge in [0.25, 0.3) is 5.91 Å². The van der Waals surface area contributed by atoms with Crippen LogP contribution in [-0.2, 0) is 0 Å². The molecule has 0 spiro atoms. The zero-order valence-electron chi connectivity index (χ0n) is 8.97. The highest BCUT2D eigenvalue weighted by Crippen LogP contribution is 2.02. The van der Waals surface area contributed by atoms with Gasteiger partial charge in [-0.2, -0.15) is 0 Å². The molecule has 1 amide bonds. The Morgan fingerprint density at radius 2 is 2.27 bits per heavy atom. The van der Waals surface area contributed by atoms with Crippen LogP contribution in [-0.4, -0.2) is 28.6 Å². The first-order valence-corrected chi connectivity index (χ1v) is 4.98. The lowest BCUT2D eigenvalue weighted by molar-refractivity contribution is 0.0892. The minimum atomic E-state index is -0.247. The molecule has 1 aromatic rings. The first kappa shape index (κ1) is 11.7. The number of aliphatic hydroxyl groups is 1. The van der Waals surface area contributed by atoms with Crippen LogP contribution >= 0.6 is 0 Å². The highest BCUT2D eigenvalue weighted by Gasteiger charge is 2.16. The van der Waals surface area contributed by atoms with E-state index in [0.717, 1.165) is 0 Å². The molecule has 0 aliphatic rings. The van der Waals surface area contributed by atoms with E-state index in [4.69, 9.17) is 5.11 Å². The minimum Gasteiger partial charge on any atom is -0.394 e. The van der Waals surface area contributed by atoms with Crippen molar-refractivity contribution in [2.75, 3.05) is 6.61 Å². The molecule has 1 rings (SSSR count). The number of pyridine rings is 1. The van der Waals surface area contributed by atoms with E-state index in [2.05, 4.69) is 10.3 Å². The Bertz CT molecular complexity index is 312. The lowest BCUT2D eigenvalue weighted by atomic mass is 10.1. The van der Waals surface area contributed by atoms with Crippen molar-refractivity contribution in [2.24, 2.45) is 5.92 Å². The monoisotopic (exact) mass is 208 g/mol. The van der Waals surface area contributed by atoms with E-state index >= 15 is 0 Å². The second kappa shape index (κ2) is 5.46. The summed E-state index contributed by atoms with van der Waals surface area (Å²) in [4.78, 5) is 15.6. The maximum atomic E-state index is 11.6. The topological polar surface area (TPSA) is 62.2 Å². The van der Waals surface area contributed by atoms with Gasteiger partial charge in [0.05, 0.1) is 12.6 Å². The summed E-state index contributed by atoms with van der Waals surface area (Å²) in [6, 6.07) is 4.93. The third-order valence-electron chi connectivity index (χ3n) is 2.22. The molecule has 15 heavy (non-hydrogen) atoms. The molecule has 1 unspecified atom stereocenters. The van der Waals surface area contributed by atoms with Gasteiger partial charge in [-0.3, -0.25) is 9.78 Å². The van der Waals surface area contributed by atoms with E-state index in [0.29, 0.717) is 5.69 Å². The van der Waals surface area contributed by atoms with Gasteiger partial charge in [-0.25, -0.2) is 0 Å². The Morgan fingerprint density at radius 3 is 2.73 bits per heavy atom. The van der Waals surface area contributed by atoms with Crippen LogP contribution in [0.2, 0.25) is 0 Å². The van der Waals surface area contributed by atoms with Crippen molar-refractivity contribution in [3.05, 3.63) is 30.1 Å². The van der Waals surface area contributed by atoms with E-state index in [1.807, 2.05) is 13.8 Å². The standard InChI is InChI=1S/C11H16N2O2/c1-8(2)10(7-14)13-11(15)9-5-3-4-6-12-9/h3-6,8,10,14H,7H2,1-2H3,(H,13,15). The van der Waals surface area contributed by atoms with E-state index in [9.17, 15) is 4.79 Å². The molecule has 0 aliphatic carbocycles. The summed E-state index contributed by atoms with van der Waals surface area (Å²) < 4.78 is 0. The van der Waals surface area contributed by atoms with Crippen LogP contribution in [0.5, 0.6) is 0 Å². The van der Waals surface area contributed by atoms with Gasteiger partial charge < -0.3 is 10.4 Å². The van der Waals surface area contributed by atoms with Crippen molar-refractivity contribution in [1.82, 2.24) is 10.3 Å². The van der Waals surface area contributed by atoms with Crippen LogP contribution in [0.4, 0.5) is 0 Å². The Hall–Kier alpha value is -1.42. The SMILES string of the molecule is CC(C)C(CO)NC(=O)c1ccccn1. The molecule has 4 heteroatoms. The van der Waals surface area contributed by atoms with Crippen LogP contribution in [0.3, 0.4) is 0 Å². The smallest absolute Gasteiger partial charge is 0.270 e. The molecule has 0 aromatic carbocycles. The maximum absolute atomic E-state index is 11.6. The number of carbonyl (C=O) groups excluding carboxylic acids is 1. The van der Waals surface area contributed by atoms with Crippen LogP contribution in [0, 0.1) is 5.92 Å². The summed E-state index contributed by atoms with van der Waals surface area (Å²) in [5.41, 5.74) is 0.372. The Kier molecular flexibility index (Phi) is 4.24. The summed E-state index contributed by atoms with van der Waals surface area (Å²) in [5.74, 6) is -0.0500. The predicted octanol–water partition coefficient (Wildman–Crippen LogP) is 0.828. The highest BCUT2D eigenvalue weighted by atomic mass is 16.3. The molecule has 0 aliphatic heterocycles. The third-order valence-corrected chi connectivity index (χ3v) is 2.22. The molecule has 0 saturated carbocycles. The molecular weight excluding hydrogens is 192 g/mol. The van der Waals surface area contributed by atoms with Crippen LogP contribution in [0.1, 0.15) is 24.3 Å². The minimum absolute atomic E-state index is 0.0593. The fraction of sp³-hybridized carbons (Fsp3) is 0.455. The van der Waals surface area contributed by atoms with Gasteiger partial charge in [-0.05, 0) is 18.1 Å². The molecular formula is C11H16N2O2. The van der Waals surface area contributed by atoms with Gasteiger partial charge in [0.15, 0.2) is 0 Å². The van der Waals surface area contributed by atoms with E-state index in [1.54, 1.807) is 24.4 Å². The molecule has 0 fully saturated rings. The number of rotatable bonds is 4. The zero-order chi connectivity index (χ0) is 11.3. The molecule has 4 nitrogen and oxygen atoms in total. The molecule has 82 valence electrons. The number of aromatic nitrogens is 1. The molecule has 0 bridgehead atoms. The summed E-state index contributed by atoms with van der Waals surface area (Å²) in [6.07, 6.45) is 1.57. The number of carbonyl (C=O) groups is 1. The van der Waals surface area contributed by atoms with Crippen molar-refractivity contribution in [1.29, 1.82) is 0 Å². The van der Waals surface area contributed by atoms with Crippen molar-refractivity contribution < 1.29 is 9.90 Å². The van der Waals surface area contributed by atoms with Gasteiger partial charge >= 0.3 is 0 Å². The third kappa shape index (κ3) is 3.32. The molecule has 0 radical (unpaired) electrons. The predicted molar refractivity (Wildman–Crippen MR) is 57.4 cm³/mol. The summed E-state index contributed by atoms with van der Waals surface area (Å²) in [7, 11) is 0. The first-order chi connectivity index (χ1) is 7.15. The first-order valence-electron chi connectivity index (χ1n) is 4.98. The average Bonchev–Trinajstić information content (AvgIpc) is 2.26. The quantitative estimate of drug-likeness (QED) is 0.770. The molecule has 2 N–H and O–H groups in total. The highest BCUT2D eigenvalue weighted by molar-refractivity contribution is 5.92. The van der Waals surface area contributed by atoms with Gasteiger partial charge in [0, 0.05) is 6.20 Å². The zero-order valence-corrected chi connectivity index (χ0v) is 8.97. The van der Waals surface area contributed by atoms with Crippen LogP contribution in [0.15, 0.2) is 24.4 Å². The number of hydrogen-bond donors (Lipinski definition) is 2. The number of aliphatic hydroxyl groups excluding tert-OH is 1. The molecule has 1 aromatic heterocycles. The average molecular weight is 208 g/mol. The Morgan fingerprint density at radius 1 is 1.53 bits per heavy atom. The van der Waals surface area contributed by atoms with E-state index in [1.165, 1.54) is 0 Å². The fourth-order valence-corrected chi connectivity index (χ4v) is 1.16. The molecule has 1 atom stereocenters. The number of hydrogen-bond acceptors (Lipinski definition) is 3. The summed E-state index contributed by atoms with van der Waals surface area (Å²) >= 11 is 0. The van der Waals surface area contributed by atoms with Gasteiger partial charge in [0.2, 0.25) is 0 Å². The Balaban J connectivity index is 2.63. The van der Waals surface area contributed by atoms with Gasteiger partial charge in [-0.1, -0.05) is 19.9 Å². The Labute approximate surface area is 89.3 Å². The van der Waals surface area contributed by atoms with Crippen LogP contribution in [0.25, 0.3) is 0 Å². The van der Waals surface area contributed by atoms with E-state index in [-0.39, 0.29) is 24.5 Å². The maximum Gasteiger partial charge on any atom is 0.270 e. The van der Waals surface area contributed by atoms with Crippen molar-refractivity contribution in [2.45, 2.75) is 19.9 Å². The van der Waals surface area contributed by atoms with Crippen molar-refractivity contribution in [3.8, 4) is 0 Å². The van der Waals surface area contributed by atoms with Crippen molar-refractivity contribution >= 4 is 5.91 Å². The van der Waals surface area contributed by atoms with Crippen molar-refractivity contribution in [3.63, 3.8) is 0 Å². The van der Waals surface area contributed by atoms with Gasteiger partial charge in [-0.15, -0.1) is 0 Å². The number of amides is 1. The lowest BCUT2D eigenvalue weighted by Crippen LogP contribution is -2.41. The van der Waals surface area contributed by atoms with Crippen LogP contribution < -0.4 is 5.32 Å². The second-order valence-electron chi connectivity index (χ2n) is 3.72. The molecule has 1 heterocycles. The summed E-state index contributed by atoms with van der Waals surface area (Å²) in [5, 5.41) is 11.8. The summed E-state index contributed by atoms with van der Waals surface area (Å²) in [6.45, 7) is 3.83.